The van der Waals surface area contributed by atoms with Crippen LogP contribution in [0.5, 0.6) is 0 Å². The zero-order valence-corrected chi connectivity index (χ0v) is 18.0. The fourth-order valence-corrected chi connectivity index (χ4v) is 4.00. The van der Waals surface area contributed by atoms with E-state index in [-0.39, 0.29) is 11.3 Å². The lowest BCUT2D eigenvalue weighted by Gasteiger charge is -2.20. The maximum Gasteiger partial charge on any atom is 0.221 e. The summed E-state index contributed by atoms with van der Waals surface area (Å²) in [5.74, 6) is 0.739. The fraction of sp³-hybridized carbons (Fsp3) is 0.364. The quantitative estimate of drug-likeness (QED) is 0.444. The third-order valence-corrected chi connectivity index (χ3v) is 5.60. The van der Waals surface area contributed by atoms with E-state index in [2.05, 4.69) is 63.1 Å². The van der Waals surface area contributed by atoms with Crippen LogP contribution in [0.1, 0.15) is 37.8 Å². The molecule has 0 unspecified atom stereocenters. The summed E-state index contributed by atoms with van der Waals surface area (Å²) in [6.07, 6.45) is 2.36. The number of amides is 1. The standard InChI is InChI=1S/C22H27BrN4O/c1-3-24-21(25-14-17-7-6-8-18(13-17)27-16(2)28)26-15-22(11-12-22)19-9-4-5-10-20(19)23/h4-10,13H,3,11-12,14-15H2,1-2H3,(H,27,28)(H2,24,25,26). The minimum atomic E-state index is -0.0718. The minimum Gasteiger partial charge on any atom is -0.357 e. The van der Waals surface area contributed by atoms with E-state index < -0.39 is 0 Å². The Kier molecular flexibility index (Phi) is 6.73. The number of benzene rings is 2. The van der Waals surface area contributed by atoms with Crippen molar-refractivity contribution in [1.82, 2.24) is 10.6 Å². The molecule has 1 amide bonds. The Morgan fingerprint density at radius 1 is 1.14 bits per heavy atom. The largest absolute Gasteiger partial charge is 0.357 e. The molecular formula is C22H27BrN4O. The maximum atomic E-state index is 11.2. The Balaban J connectivity index is 1.65. The molecule has 1 aliphatic rings. The van der Waals surface area contributed by atoms with E-state index in [1.54, 1.807) is 0 Å². The van der Waals surface area contributed by atoms with Crippen molar-refractivity contribution in [2.45, 2.75) is 38.6 Å². The normalized spacial score (nSPS) is 15.0. The number of carbonyl (C=O) groups is 1. The van der Waals surface area contributed by atoms with Crippen molar-refractivity contribution < 1.29 is 4.79 Å². The number of carbonyl (C=O) groups excluding carboxylic acids is 1. The van der Waals surface area contributed by atoms with Gasteiger partial charge in [0.1, 0.15) is 0 Å². The molecule has 0 radical (unpaired) electrons. The number of nitrogens with one attached hydrogen (secondary N) is 3. The van der Waals surface area contributed by atoms with Crippen LogP contribution in [-0.4, -0.2) is 25.0 Å². The van der Waals surface area contributed by atoms with Crippen LogP contribution in [0.2, 0.25) is 0 Å². The minimum absolute atomic E-state index is 0.0718. The summed E-state index contributed by atoms with van der Waals surface area (Å²) in [5.41, 5.74) is 3.39. The summed E-state index contributed by atoms with van der Waals surface area (Å²) in [7, 11) is 0. The molecule has 2 aromatic rings. The van der Waals surface area contributed by atoms with E-state index in [4.69, 9.17) is 4.99 Å². The summed E-state index contributed by atoms with van der Waals surface area (Å²) in [5, 5.41) is 9.65. The predicted molar refractivity (Wildman–Crippen MR) is 119 cm³/mol. The molecule has 0 atom stereocenters. The highest BCUT2D eigenvalue weighted by atomic mass is 79.9. The van der Waals surface area contributed by atoms with Crippen molar-refractivity contribution in [1.29, 1.82) is 0 Å². The Labute approximate surface area is 175 Å². The SMILES string of the molecule is CCNC(=NCc1cccc(NC(C)=O)c1)NCC1(c2ccccc2Br)CC1. The maximum absolute atomic E-state index is 11.2. The molecule has 28 heavy (non-hydrogen) atoms. The van der Waals surface area contributed by atoms with Crippen molar-refractivity contribution in [3.8, 4) is 0 Å². The zero-order chi connectivity index (χ0) is 20.0. The number of rotatable bonds is 7. The lowest BCUT2D eigenvalue weighted by Crippen LogP contribution is -2.41. The number of aliphatic imine (C=N–C) groups is 1. The monoisotopic (exact) mass is 442 g/mol. The van der Waals surface area contributed by atoms with Crippen molar-refractivity contribution in [3.05, 3.63) is 64.1 Å². The molecule has 5 nitrogen and oxygen atoms in total. The summed E-state index contributed by atoms with van der Waals surface area (Å²) < 4.78 is 1.17. The summed E-state index contributed by atoms with van der Waals surface area (Å²) in [6, 6.07) is 16.3. The highest BCUT2D eigenvalue weighted by Crippen LogP contribution is 2.49. The van der Waals surface area contributed by atoms with Crippen LogP contribution >= 0.6 is 15.9 Å². The van der Waals surface area contributed by atoms with Gasteiger partial charge in [-0.2, -0.15) is 0 Å². The van der Waals surface area contributed by atoms with Gasteiger partial charge in [-0.15, -0.1) is 0 Å². The highest BCUT2D eigenvalue weighted by Gasteiger charge is 2.45. The molecule has 1 fully saturated rings. The van der Waals surface area contributed by atoms with Crippen LogP contribution < -0.4 is 16.0 Å². The van der Waals surface area contributed by atoms with Crippen LogP contribution in [-0.2, 0) is 16.8 Å². The van der Waals surface area contributed by atoms with Gasteiger partial charge in [0.05, 0.1) is 6.54 Å². The first-order chi connectivity index (χ1) is 13.5. The lowest BCUT2D eigenvalue weighted by atomic mass is 9.96. The molecular weight excluding hydrogens is 416 g/mol. The van der Waals surface area contributed by atoms with Crippen molar-refractivity contribution in [3.63, 3.8) is 0 Å². The van der Waals surface area contributed by atoms with Crippen LogP contribution in [0.4, 0.5) is 5.69 Å². The first-order valence-electron chi connectivity index (χ1n) is 9.66. The highest BCUT2D eigenvalue weighted by molar-refractivity contribution is 9.10. The second-order valence-electron chi connectivity index (χ2n) is 7.19. The Morgan fingerprint density at radius 2 is 1.93 bits per heavy atom. The third kappa shape index (κ3) is 5.35. The van der Waals surface area contributed by atoms with Crippen molar-refractivity contribution in [2.24, 2.45) is 4.99 Å². The lowest BCUT2D eigenvalue weighted by molar-refractivity contribution is -0.114. The Hall–Kier alpha value is -2.34. The molecule has 1 aliphatic carbocycles. The first kappa shape index (κ1) is 20.4. The van der Waals surface area contributed by atoms with Gasteiger partial charge >= 0.3 is 0 Å². The second kappa shape index (κ2) is 9.24. The van der Waals surface area contributed by atoms with Gasteiger partial charge in [-0.05, 0) is 49.1 Å². The Bertz CT molecular complexity index is 861. The van der Waals surface area contributed by atoms with E-state index in [1.165, 1.54) is 29.8 Å². The number of guanidine groups is 1. The molecule has 6 heteroatoms. The molecule has 0 heterocycles. The van der Waals surface area contributed by atoms with Gasteiger partial charge in [-0.25, -0.2) is 4.99 Å². The number of halogens is 1. The summed E-state index contributed by atoms with van der Waals surface area (Å²) >= 11 is 3.69. The molecule has 0 aromatic heterocycles. The molecule has 0 saturated heterocycles. The fourth-order valence-electron chi connectivity index (χ4n) is 3.30. The number of hydrogen-bond donors (Lipinski definition) is 3. The van der Waals surface area contributed by atoms with E-state index >= 15 is 0 Å². The van der Waals surface area contributed by atoms with Crippen LogP contribution in [0.3, 0.4) is 0 Å². The average molecular weight is 443 g/mol. The molecule has 0 aliphatic heterocycles. The molecule has 0 spiro atoms. The van der Waals surface area contributed by atoms with Crippen molar-refractivity contribution in [2.75, 3.05) is 18.4 Å². The van der Waals surface area contributed by atoms with E-state index in [0.717, 1.165) is 30.3 Å². The molecule has 0 bridgehead atoms. The second-order valence-corrected chi connectivity index (χ2v) is 8.04. The number of hydrogen-bond acceptors (Lipinski definition) is 2. The molecule has 148 valence electrons. The number of nitrogens with zero attached hydrogens (tertiary/aromatic N) is 1. The van der Waals surface area contributed by atoms with Crippen LogP contribution in [0.25, 0.3) is 0 Å². The van der Waals surface area contributed by atoms with Gasteiger partial charge in [0.15, 0.2) is 5.96 Å². The number of anilines is 1. The van der Waals surface area contributed by atoms with Gasteiger partial charge in [-0.3, -0.25) is 4.79 Å². The molecule has 3 N–H and O–H groups in total. The van der Waals surface area contributed by atoms with E-state index in [1.807, 2.05) is 24.3 Å². The van der Waals surface area contributed by atoms with E-state index in [9.17, 15) is 4.79 Å². The van der Waals surface area contributed by atoms with Gasteiger partial charge in [0.2, 0.25) is 5.91 Å². The topological polar surface area (TPSA) is 65.5 Å². The first-order valence-corrected chi connectivity index (χ1v) is 10.5. The van der Waals surface area contributed by atoms with Crippen molar-refractivity contribution >= 4 is 33.5 Å². The van der Waals surface area contributed by atoms with Gasteiger partial charge in [0, 0.05) is 35.6 Å². The van der Waals surface area contributed by atoms with Crippen LogP contribution in [0.15, 0.2) is 58.0 Å². The summed E-state index contributed by atoms with van der Waals surface area (Å²) in [4.78, 5) is 16.0. The smallest absolute Gasteiger partial charge is 0.221 e. The third-order valence-electron chi connectivity index (χ3n) is 4.90. The molecule has 3 rings (SSSR count). The van der Waals surface area contributed by atoms with Crippen LogP contribution in [0, 0.1) is 0 Å². The van der Waals surface area contributed by atoms with Gasteiger partial charge in [0.25, 0.3) is 0 Å². The molecule has 2 aromatic carbocycles. The summed E-state index contributed by atoms with van der Waals surface area (Å²) in [6.45, 7) is 5.78. The van der Waals surface area contributed by atoms with E-state index in [0.29, 0.717) is 6.54 Å². The van der Waals surface area contributed by atoms with Gasteiger partial charge < -0.3 is 16.0 Å². The Morgan fingerprint density at radius 3 is 2.61 bits per heavy atom. The zero-order valence-electron chi connectivity index (χ0n) is 16.4. The predicted octanol–water partition coefficient (Wildman–Crippen LogP) is 4.19. The average Bonchev–Trinajstić information content (AvgIpc) is 3.45. The molecule has 1 saturated carbocycles. The van der Waals surface area contributed by atoms with Gasteiger partial charge in [-0.1, -0.05) is 46.3 Å².